The van der Waals surface area contributed by atoms with Crippen molar-refractivity contribution in [1.82, 2.24) is 4.31 Å². The number of nitrogens with zero attached hydrogens (tertiary/aromatic N) is 1. The van der Waals surface area contributed by atoms with Crippen molar-refractivity contribution in [2.75, 3.05) is 0 Å². The maximum absolute atomic E-state index is 13.9. The molecule has 0 bridgehead atoms. The number of benzene rings is 2. The minimum Gasteiger partial charge on any atom is -0.481 e. The number of hydrogen-bond acceptors (Lipinski definition) is 4. The van der Waals surface area contributed by atoms with Crippen LogP contribution in [0.2, 0.25) is 0 Å². The molecule has 0 unspecified atom stereocenters. The highest BCUT2D eigenvalue weighted by atomic mass is 32.2. The molecule has 31 heavy (non-hydrogen) atoms. The normalized spacial score (nSPS) is 24.6. The van der Waals surface area contributed by atoms with Crippen molar-refractivity contribution in [2.45, 2.75) is 68.5 Å². The van der Waals surface area contributed by atoms with Gasteiger partial charge < -0.3 is 5.11 Å². The van der Waals surface area contributed by atoms with Crippen LogP contribution in [0, 0.1) is 19.8 Å². The van der Waals surface area contributed by atoms with E-state index in [9.17, 15) is 18.3 Å². The molecule has 0 amide bonds. The van der Waals surface area contributed by atoms with Gasteiger partial charge in [-0.1, -0.05) is 68.3 Å². The first-order valence-corrected chi connectivity index (χ1v) is 13.0. The zero-order valence-electron chi connectivity index (χ0n) is 18.6. The molecular formula is C24H31NO4S2. The molecule has 0 aromatic heterocycles. The second-order valence-corrected chi connectivity index (χ2v) is 12.1. The third kappa shape index (κ3) is 4.69. The summed E-state index contributed by atoms with van der Waals surface area (Å²) in [7, 11) is -3.90. The van der Waals surface area contributed by atoms with E-state index < -0.39 is 34.0 Å². The fraction of sp³-hybridized carbons (Fsp3) is 0.458. The molecule has 0 spiro atoms. The van der Waals surface area contributed by atoms with Crippen molar-refractivity contribution in [1.29, 1.82) is 0 Å². The summed E-state index contributed by atoms with van der Waals surface area (Å²) < 4.78 is 29.3. The Morgan fingerprint density at radius 1 is 1.03 bits per heavy atom. The monoisotopic (exact) mass is 461 g/mol. The van der Waals surface area contributed by atoms with Crippen molar-refractivity contribution in [3.05, 3.63) is 65.2 Å². The number of thioether (sulfide) groups is 1. The van der Waals surface area contributed by atoms with Crippen LogP contribution >= 0.6 is 11.8 Å². The van der Waals surface area contributed by atoms with Crippen LogP contribution in [0.5, 0.6) is 0 Å². The molecule has 0 aliphatic carbocycles. The van der Waals surface area contributed by atoms with Crippen LogP contribution in [0.1, 0.15) is 49.9 Å². The Labute approximate surface area is 189 Å². The van der Waals surface area contributed by atoms with Crippen LogP contribution in [-0.4, -0.2) is 40.3 Å². The van der Waals surface area contributed by atoms with Gasteiger partial charge >= 0.3 is 5.97 Å². The molecule has 2 aromatic carbocycles. The number of sulfonamides is 1. The van der Waals surface area contributed by atoms with Crippen molar-refractivity contribution >= 4 is 27.8 Å². The second-order valence-electron chi connectivity index (χ2n) is 8.49. The molecule has 1 heterocycles. The third-order valence-corrected chi connectivity index (χ3v) is 9.21. The first kappa shape index (κ1) is 23.8. The molecule has 2 aromatic rings. The van der Waals surface area contributed by atoms with Crippen LogP contribution in [0.3, 0.4) is 0 Å². The second kappa shape index (κ2) is 9.35. The van der Waals surface area contributed by atoms with Gasteiger partial charge in [0, 0.05) is 11.3 Å². The Morgan fingerprint density at radius 2 is 1.55 bits per heavy atom. The van der Waals surface area contributed by atoms with E-state index in [1.54, 1.807) is 36.0 Å². The molecule has 168 valence electrons. The van der Waals surface area contributed by atoms with Gasteiger partial charge in [-0.3, -0.25) is 4.79 Å². The number of aryl methyl sites for hydroxylation is 2. The fourth-order valence-corrected chi connectivity index (χ4v) is 7.94. The average Bonchev–Trinajstić information content (AvgIpc) is 3.03. The molecule has 1 saturated heterocycles. The lowest BCUT2D eigenvalue weighted by Crippen LogP contribution is -2.39. The van der Waals surface area contributed by atoms with Gasteiger partial charge in [-0.15, -0.1) is 0 Å². The maximum atomic E-state index is 13.9. The maximum Gasteiger partial charge on any atom is 0.309 e. The highest BCUT2D eigenvalue weighted by molar-refractivity contribution is 8.00. The van der Waals surface area contributed by atoms with E-state index in [1.807, 2.05) is 58.9 Å². The van der Waals surface area contributed by atoms with Gasteiger partial charge in [0.15, 0.2) is 0 Å². The lowest BCUT2D eigenvalue weighted by molar-refractivity contribution is -0.142. The minimum absolute atomic E-state index is 0.182. The van der Waals surface area contributed by atoms with Gasteiger partial charge in [-0.05, 0) is 43.2 Å². The molecule has 0 radical (unpaired) electrons. The van der Waals surface area contributed by atoms with Gasteiger partial charge in [0.1, 0.15) is 0 Å². The summed E-state index contributed by atoms with van der Waals surface area (Å²) in [5.74, 6) is -1.79. The van der Waals surface area contributed by atoms with Crippen LogP contribution in [0.15, 0.2) is 53.4 Å². The summed E-state index contributed by atoms with van der Waals surface area (Å²) in [4.78, 5) is 12.7. The minimum atomic E-state index is -3.90. The molecule has 0 saturated carbocycles. The van der Waals surface area contributed by atoms with Crippen LogP contribution < -0.4 is 0 Å². The summed E-state index contributed by atoms with van der Waals surface area (Å²) in [5, 5.41) is 10.1. The Balaban J connectivity index is 2.23. The average molecular weight is 462 g/mol. The zero-order valence-corrected chi connectivity index (χ0v) is 20.3. The first-order valence-electron chi connectivity index (χ1n) is 10.6. The molecule has 3 rings (SSSR count). The number of carboxylic acids is 1. The lowest BCUT2D eigenvalue weighted by atomic mass is 9.92. The van der Waals surface area contributed by atoms with Crippen LogP contribution in [0.4, 0.5) is 0 Å². The number of hydrogen-bond donors (Lipinski definition) is 1. The predicted octanol–water partition coefficient (Wildman–Crippen LogP) is 5.04. The van der Waals surface area contributed by atoms with Gasteiger partial charge in [0.05, 0.1) is 16.9 Å². The van der Waals surface area contributed by atoms with Crippen molar-refractivity contribution < 1.29 is 18.3 Å². The molecule has 1 fully saturated rings. The molecule has 7 heteroatoms. The standard InChI is InChI=1S/C24H31NO4S2/c1-6-20-23(30-15(2)3)21(24(26)27)22(18-11-7-16(4)8-12-18)25(20)31(28,29)19-13-9-17(5)10-14-19/h7-15,20-23H,6H2,1-5H3,(H,26,27)/t20-,21+,22+,23-/m1/s1. The van der Waals surface area contributed by atoms with E-state index in [0.717, 1.165) is 16.7 Å². The third-order valence-electron chi connectivity index (χ3n) is 5.82. The summed E-state index contributed by atoms with van der Waals surface area (Å²) in [6, 6.07) is 13.2. The summed E-state index contributed by atoms with van der Waals surface area (Å²) >= 11 is 1.56. The van der Waals surface area contributed by atoms with Gasteiger partial charge in [-0.25, -0.2) is 8.42 Å². The highest BCUT2D eigenvalue weighted by Crippen LogP contribution is 2.50. The smallest absolute Gasteiger partial charge is 0.309 e. The number of rotatable bonds is 7. The molecular weight excluding hydrogens is 430 g/mol. The van der Waals surface area contributed by atoms with Gasteiger partial charge in [0.25, 0.3) is 0 Å². The van der Waals surface area contributed by atoms with E-state index in [1.165, 1.54) is 4.31 Å². The van der Waals surface area contributed by atoms with Crippen molar-refractivity contribution in [3.8, 4) is 0 Å². The molecule has 4 atom stereocenters. The Hall–Kier alpha value is -1.83. The quantitative estimate of drug-likeness (QED) is 0.625. The number of carbonyl (C=O) groups is 1. The lowest BCUT2D eigenvalue weighted by Gasteiger charge is -2.30. The van der Waals surface area contributed by atoms with Crippen molar-refractivity contribution in [3.63, 3.8) is 0 Å². The Kier molecular flexibility index (Phi) is 7.18. The van der Waals surface area contributed by atoms with Crippen LogP contribution in [0.25, 0.3) is 0 Å². The Bertz CT molecular complexity index is 1020. The fourth-order valence-electron chi connectivity index (χ4n) is 4.38. The highest BCUT2D eigenvalue weighted by Gasteiger charge is 2.56. The predicted molar refractivity (Wildman–Crippen MR) is 126 cm³/mol. The first-order chi connectivity index (χ1) is 14.6. The molecule has 5 nitrogen and oxygen atoms in total. The molecule has 1 aliphatic rings. The van der Waals surface area contributed by atoms with Gasteiger partial charge in [0.2, 0.25) is 10.0 Å². The molecule has 1 aliphatic heterocycles. The van der Waals surface area contributed by atoms with Gasteiger partial charge in [-0.2, -0.15) is 16.1 Å². The number of aliphatic carboxylic acids is 1. The Morgan fingerprint density at radius 3 is 2.00 bits per heavy atom. The molecule has 1 N–H and O–H groups in total. The zero-order chi connectivity index (χ0) is 22.9. The van der Waals surface area contributed by atoms with E-state index in [2.05, 4.69) is 0 Å². The summed E-state index contributed by atoms with van der Waals surface area (Å²) in [5.41, 5.74) is 2.74. The summed E-state index contributed by atoms with van der Waals surface area (Å²) in [6.45, 7) is 9.85. The van der Waals surface area contributed by atoms with E-state index in [0.29, 0.717) is 6.42 Å². The van der Waals surface area contributed by atoms with Crippen LogP contribution in [-0.2, 0) is 14.8 Å². The van der Waals surface area contributed by atoms with Crippen molar-refractivity contribution in [2.24, 2.45) is 5.92 Å². The largest absolute Gasteiger partial charge is 0.481 e. The number of carboxylic acid groups (broad SMARTS) is 1. The SMILES string of the molecule is CC[C@@H]1[C@@H](SC(C)C)[C@@H](C(=O)O)[C@H](c2ccc(C)cc2)N1S(=O)(=O)c1ccc(C)cc1. The topological polar surface area (TPSA) is 74.7 Å². The van der Waals surface area contributed by atoms with E-state index in [-0.39, 0.29) is 15.4 Å². The van der Waals surface area contributed by atoms with E-state index >= 15 is 0 Å². The van der Waals surface area contributed by atoms with E-state index in [4.69, 9.17) is 0 Å². The summed E-state index contributed by atoms with van der Waals surface area (Å²) in [6.07, 6.45) is 0.543.